The monoisotopic (exact) mass is 427 g/mol. The summed E-state index contributed by atoms with van der Waals surface area (Å²) < 4.78 is 12.4. The lowest BCUT2D eigenvalue weighted by atomic mass is 10.1. The molecule has 2 aromatic heterocycles. The second-order valence-corrected chi connectivity index (χ2v) is 8.40. The van der Waals surface area contributed by atoms with Crippen LogP contribution in [0, 0.1) is 6.92 Å². The van der Waals surface area contributed by atoms with Crippen LogP contribution in [0.15, 0.2) is 23.0 Å². The topological polar surface area (TPSA) is 82.5 Å². The van der Waals surface area contributed by atoms with Crippen LogP contribution in [0.2, 0.25) is 0 Å². The van der Waals surface area contributed by atoms with Gasteiger partial charge in [-0.1, -0.05) is 12.5 Å². The molecule has 1 N–H and O–H groups in total. The first kappa shape index (κ1) is 20.4. The minimum absolute atomic E-state index is 0.0235. The Morgan fingerprint density at radius 1 is 1.20 bits per heavy atom. The van der Waals surface area contributed by atoms with Gasteiger partial charge in [0.1, 0.15) is 10.7 Å². The van der Waals surface area contributed by atoms with E-state index in [0.717, 1.165) is 37.1 Å². The third-order valence-electron chi connectivity index (χ3n) is 5.52. The Morgan fingerprint density at radius 2 is 2.00 bits per heavy atom. The van der Waals surface area contributed by atoms with Crippen molar-refractivity contribution < 1.29 is 14.3 Å². The van der Waals surface area contributed by atoms with Gasteiger partial charge in [-0.2, -0.15) is 0 Å². The molecule has 1 aromatic carbocycles. The lowest BCUT2D eigenvalue weighted by molar-refractivity contribution is 0.0954. The van der Waals surface area contributed by atoms with Crippen molar-refractivity contribution >= 4 is 27.5 Å². The fraction of sp³-hybridized carbons (Fsp3) is 0.409. The van der Waals surface area contributed by atoms with E-state index in [1.807, 2.05) is 25.1 Å². The first-order chi connectivity index (χ1) is 14.5. The van der Waals surface area contributed by atoms with Gasteiger partial charge in [0.25, 0.3) is 11.5 Å². The van der Waals surface area contributed by atoms with Gasteiger partial charge in [0.2, 0.25) is 0 Å². The number of rotatable bonds is 5. The zero-order valence-electron chi connectivity index (χ0n) is 17.4. The van der Waals surface area contributed by atoms with Crippen LogP contribution in [0.1, 0.15) is 45.9 Å². The van der Waals surface area contributed by atoms with Gasteiger partial charge in [0.15, 0.2) is 11.5 Å². The average Bonchev–Trinajstić information content (AvgIpc) is 2.92. The van der Waals surface area contributed by atoms with Crippen LogP contribution in [-0.2, 0) is 19.5 Å². The molecule has 158 valence electrons. The summed E-state index contributed by atoms with van der Waals surface area (Å²) in [5.74, 6) is 1.88. The van der Waals surface area contributed by atoms with E-state index < -0.39 is 0 Å². The Labute approximate surface area is 178 Å². The Hall–Kier alpha value is -2.87. The molecule has 3 aromatic rings. The van der Waals surface area contributed by atoms with Crippen molar-refractivity contribution in [3.8, 4) is 11.5 Å². The smallest absolute Gasteiger partial charge is 0.262 e. The molecule has 0 unspecified atom stereocenters. The van der Waals surface area contributed by atoms with E-state index in [1.165, 1.54) is 11.3 Å². The number of amides is 1. The molecule has 7 nitrogen and oxygen atoms in total. The molecule has 1 aliphatic rings. The van der Waals surface area contributed by atoms with Crippen molar-refractivity contribution in [2.24, 2.45) is 0 Å². The van der Waals surface area contributed by atoms with E-state index in [4.69, 9.17) is 14.5 Å². The molecular weight excluding hydrogens is 402 g/mol. The molecule has 0 radical (unpaired) electrons. The lowest BCUT2D eigenvalue weighted by Crippen LogP contribution is -2.25. The molecule has 0 bridgehead atoms. The Balaban J connectivity index is 1.60. The standard InChI is InChI=1S/C22H25N3O4S/c1-13-18-21(24-17-7-5-4-6-10-25(17)22(18)27)30-19(13)20(26)23-12-14-8-9-15(28-2)16(11-14)29-3/h8-9,11H,4-7,10,12H2,1-3H3,(H,23,26). The van der Waals surface area contributed by atoms with Crippen LogP contribution < -0.4 is 20.3 Å². The van der Waals surface area contributed by atoms with Gasteiger partial charge in [0, 0.05) is 19.5 Å². The maximum Gasteiger partial charge on any atom is 0.262 e. The molecule has 0 fully saturated rings. The number of ether oxygens (including phenoxy) is 2. The zero-order valence-corrected chi connectivity index (χ0v) is 18.2. The van der Waals surface area contributed by atoms with Crippen LogP contribution in [0.4, 0.5) is 0 Å². The third-order valence-corrected chi connectivity index (χ3v) is 6.70. The number of thiophene rings is 1. The Bertz CT molecular complexity index is 1170. The van der Waals surface area contributed by atoms with Gasteiger partial charge < -0.3 is 14.8 Å². The molecule has 3 heterocycles. The van der Waals surface area contributed by atoms with Crippen LogP contribution in [0.3, 0.4) is 0 Å². The summed E-state index contributed by atoms with van der Waals surface area (Å²) in [5, 5.41) is 3.51. The summed E-state index contributed by atoms with van der Waals surface area (Å²) in [6, 6.07) is 5.52. The molecule has 4 rings (SSSR count). The highest BCUT2D eigenvalue weighted by molar-refractivity contribution is 7.20. The number of carbonyl (C=O) groups is 1. The normalized spacial score (nSPS) is 13.6. The van der Waals surface area contributed by atoms with Crippen LogP contribution in [-0.4, -0.2) is 29.7 Å². The highest BCUT2D eigenvalue weighted by Crippen LogP contribution is 2.29. The Kier molecular flexibility index (Phi) is 5.76. The zero-order chi connectivity index (χ0) is 21.3. The number of nitrogens with zero attached hydrogens (tertiary/aromatic N) is 2. The number of carbonyl (C=O) groups excluding carboxylic acids is 1. The summed E-state index contributed by atoms with van der Waals surface area (Å²) in [5.41, 5.74) is 1.58. The van der Waals surface area contributed by atoms with Crippen molar-refractivity contribution in [2.75, 3.05) is 14.2 Å². The quantitative estimate of drug-likeness (QED) is 0.675. The first-order valence-corrected chi connectivity index (χ1v) is 10.9. The van der Waals surface area contributed by atoms with Crippen molar-refractivity contribution in [3.63, 3.8) is 0 Å². The number of hydrogen-bond acceptors (Lipinski definition) is 6. The molecule has 0 aliphatic carbocycles. The van der Waals surface area contributed by atoms with E-state index in [1.54, 1.807) is 18.8 Å². The van der Waals surface area contributed by atoms with E-state index in [9.17, 15) is 9.59 Å². The SMILES string of the molecule is COc1ccc(CNC(=O)c2sc3nc4n(c(=O)c3c2C)CCCCC4)cc1OC. The molecule has 0 saturated heterocycles. The molecule has 0 spiro atoms. The number of aryl methyl sites for hydroxylation is 2. The third kappa shape index (κ3) is 3.67. The van der Waals surface area contributed by atoms with E-state index in [0.29, 0.717) is 45.2 Å². The number of nitrogens with one attached hydrogen (secondary N) is 1. The maximum atomic E-state index is 13.1. The highest BCUT2D eigenvalue weighted by atomic mass is 32.1. The number of aromatic nitrogens is 2. The highest BCUT2D eigenvalue weighted by Gasteiger charge is 2.22. The van der Waals surface area contributed by atoms with E-state index in [-0.39, 0.29) is 11.5 Å². The molecule has 0 saturated carbocycles. The fourth-order valence-corrected chi connectivity index (χ4v) is 4.99. The largest absolute Gasteiger partial charge is 0.493 e. The molecule has 8 heteroatoms. The maximum absolute atomic E-state index is 13.1. The van der Waals surface area contributed by atoms with E-state index >= 15 is 0 Å². The number of fused-ring (bicyclic) bond motifs is 2. The van der Waals surface area contributed by atoms with Crippen LogP contribution in [0.25, 0.3) is 10.2 Å². The summed E-state index contributed by atoms with van der Waals surface area (Å²) in [4.78, 5) is 31.9. The molecule has 1 amide bonds. The Morgan fingerprint density at radius 3 is 2.77 bits per heavy atom. The molecule has 1 aliphatic heterocycles. The molecule has 0 atom stereocenters. The lowest BCUT2D eigenvalue weighted by Gasteiger charge is -2.10. The van der Waals surface area contributed by atoms with Gasteiger partial charge >= 0.3 is 0 Å². The number of benzene rings is 1. The van der Waals surface area contributed by atoms with E-state index in [2.05, 4.69) is 5.32 Å². The van der Waals surface area contributed by atoms with Crippen molar-refractivity contribution in [2.45, 2.75) is 45.7 Å². The van der Waals surface area contributed by atoms with Crippen LogP contribution >= 0.6 is 11.3 Å². The fourth-order valence-electron chi connectivity index (χ4n) is 3.88. The number of methoxy groups -OCH3 is 2. The van der Waals surface area contributed by atoms with Crippen molar-refractivity contribution in [3.05, 3.63) is 50.4 Å². The summed E-state index contributed by atoms with van der Waals surface area (Å²) in [6.07, 6.45) is 3.95. The first-order valence-electron chi connectivity index (χ1n) is 10.1. The minimum Gasteiger partial charge on any atom is -0.493 e. The van der Waals surface area contributed by atoms with Gasteiger partial charge in [-0.05, 0) is 43.0 Å². The molecular formula is C22H25N3O4S. The van der Waals surface area contributed by atoms with Gasteiger partial charge in [-0.15, -0.1) is 11.3 Å². The number of hydrogen-bond donors (Lipinski definition) is 1. The van der Waals surface area contributed by atoms with Gasteiger partial charge in [0.05, 0.1) is 24.5 Å². The second-order valence-electron chi connectivity index (χ2n) is 7.40. The second kappa shape index (κ2) is 8.47. The van der Waals surface area contributed by atoms with Crippen LogP contribution in [0.5, 0.6) is 11.5 Å². The van der Waals surface area contributed by atoms with Crippen molar-refractivity contribution in [1.82, 2.24) is 14.9 Å². The predicted octanol–water partition coefficient (Wildman–Crippen LogP) is 3.44. The average molecular weight is 428 g/mol. The predicted molar refractivity (Wildman–Crippen MR) is 117 cm³/mol. The summed E-state index contributed by atoms with van der Waals surface area (Å²) in [7, 11) is 3.16. The van der Waals surface area contributed by atoms with Crippen molar-refractivity contribution in [1.29, 1.82) is 0 Å². The van der Waals surface area contributed by atoms with Gasteiger partial charge in [-0.25, -0.2) is 4.98 Å². The van der Waals surface area contributed by atoms with Gasteiger partial charge in [-0.3, -0.25) is 14.2 Å². The summed E-state index contributed by atoms with van der Waals surface area (Å²) in [6.45, 7) is 2.87. The minimum atomic E-state index is -0.204. The summed E-state index contributed by atoms with van der Waals surface area (Å²) >= 11 is 1.29. The molecule has 30 heavy (non-hydrogen) atoms.